The molecular formula is C19H13N3O3S. The highest BCUT2D eigenvalue weighted by Gasteiger charge is 2.28. The molecule has 0 bridgehead atoms. The van der Waals surface area contributed by atoms with Crippen molar-refractivity contribution >= 4 is 9.84 Å². The lowest BCUT2D eigenvalue weighted by atomic mass is 10.1. The maximum Gasteiger partial charge on any atom is 0.257 e. The van der Waals surface area contributed by atoms with Crippen LogP contribution in [0.2, 0.25) is 0 Å². The third-order valence-corrected chi connectivity index (χ3v) is 5.30. The highest BCUT2D eigenvalue weighted by Crippen LogP contribution is 2.28. The second-order valence-corrected chi connectivity index (χ2v) is 7.55. The predicted octanol–water partition coefficient (Wildman–Crippen LogP) is 3.37. The summed E-state index contributed by atoms with van der Waals surface area (Å²) in [4.78, 5) is 4.01. The van der Waals surface area contributed by atoms with Gasteiger partial charge < -0.3 is 4.42 Å². The molecule has 1 heterocycles. The second kappa shape index (κ2) is 6.83. The van der Waals surface area contributed by atoms with Gasteiger partial charge in [0.15, 0.2) is 5.69 Å². The standard InChI is InChI=1S/C19H13N3O3S/c1-13-6-8-14(9-7-13)18-22-17(11-21)19(25-18)26(23,24)12-16-5-3-2-4-15(16)10-20/h2-9H,12H2,1H3. The monoisotopic (exact) mass is 363 g/mol. The van der Waals surface area contributed by atoms with Gasteiger partial charge in [-0.05, 0) is 30.7 Å². The van der Waals surface area contributed by atoms with Crippen LogP contribution in [-0.4, -0.2) is 13.4 Å². The molecular weight excluding hydrogens is 350 g/mol. The van der Waals surface area contributed by atoms with Gasteiger partial charge in [-0.1, -0.05) is 35.9 Å². The number of oxazole rings is 1. The number of nitriles is 2. The number of rotatable bonds is 4. The van der Waals surface area contributed by atoms with Crippen molar-refractivity contribution in [3.8, 4) is 23.6 Å². The van der Waals surface area contributed by atoms with Crippen molar-refractivity contribution in [3.05, 3.63) is 70.9 Å². The zero-order chi connectivity index (χ0) is 18.7. The molecule has 0 radical (unpaired) electrons. The van der Waals surface area contributed by atoms with Crippen LogP contribution in [0.1, 0.15) is 22.4 Å². The van der Waals surface area contributed by atoms with E-state index in [9.17, 15) is 13.7 Å². The zero-order valence-corrected chi connectivity index (χ0v) is 14.6. The van der Waals surface area contributed by atoms with E-state index >= 15 is 0 Å². The third-order valence-electron chi connectivity index (χ3n) is 3.77. The van der Waals surface area contributed by atoms with Gasteiger partial charge in [0.25, 0.3) is 5.09 Å². The van der Waals surface area contributed by atoms with Crippen molar-refractivity contribution in [1.82, 2.24) is 4.98 Å². The van der Waals surface area contributed by atoms with Crippen LogP contribution in [0.3, 0.4) is 0 Å². The molecule has 0 spiro atoms. The number of hydrogen-bond acceptors (Lipinski definition) is 6. The Balaban J connectivity index is 2.04. The maximum atomic E-state index is 12.8. The Morgan fingerprint density at radius 3 is 2.38 bits per heavy atom. The zero-order valence-electron chi connectivity index (χ0n) is 13.8. The molecule has 7 heteroatoms. The molecule has 1 aromatic heterocycles. The molecule has 0 saturated heterocycles. The van der Waals surface area contributed by atoms with Crippen molar-refractivity contribution in [3.63, 3.8) is 0 Å². The summed E-state index contributed by atoms with van der Waals surface area (Å²) < 4.78 is 30.9. The van der Waals surface area contributed by atoms with Gasteiger partial charge in [0.2, 0.25) is 15.7 Å². The van der Waals surface area contributed by atoms with E-state index in [0.717, 1.165) is 5.56 Å². The minimum atomic E-state index is -3.99. The lowest BCUT2D eigenvalue weighted by Crippen LogP contribution is -2.07. The smallest absolute Gasteiger partial charge is 0.257 e. The average molecular weight is 363 g/mol. The largest absolute Gasteiger partial charge is 0.423 e. The first kappa shape index (κ1) is 17.4. The molecule has 0 aliphatic heterocycles. The minimum Gasteiger partial charge on any atom is -0.423 e. The van der Waals surface area contributed by atoms with Gasteiger partial charge >= 0.3 is 0 Å². The fourth-order valence-corrected chi connectivity index (χ4v) is 3.82. The van der Waals surface area contributed by atoms with Gasteiger partial charge in [0, 0.05) is 5.56 Å². The molecule has 0 fully saturated rings. The summed E-state index contributed by atoms with van der Waals surface area (Å²) in [5.41, 5.74) is 1.91. The van der Waals surface area contributed by atoms with Crippen LogP contribution in [0.25, 0.3) is 11.5 Å². The molecule has 0 aliphatic carbocycles. The Bertz CT molecular complexity index is 1150. The second-order valence-electron chi connectivity index (χ2n) is 5.66. The normalized spacial score (nSPS) is 10.9. The number of nitrogens with zero attached hydrogens (tertiary/aromatic N) is 3. The molecule has 6 nitrogen and oxygen atoms in total. The molecule has 3 rings (SSSR count). The Kier molecular flexibility index (Phi) is 4.57. The van der Waals surface area contributed by atoms with E-state index < -0.39 is 20.7 Å². The van der Waals surface area contributed by atoms with Gasteiger partial charge in [0.05, 0.1) is 17.4 Å². The number of hydrogen-bond donors (Lipinski definition) is 0. The molecule has 2 aromatic carbocycles. The van der Waals surface area contributed by atoms with E-state index in [0.29, 0.717) is 11.1 Å². The lowest BCUT2D eigenvalue weighted by molar-refractivity contribution is 0.457. The molecule has 0 saturated carbocycles. The number of sulfone groups is 1. The molecule has 0 N–H and O–H groups in total. The van der Waals surface area contributed by atoms with Gasteiger partial charge in [0.1, 0.15) is 6.07 Å². The van der Waals surface area contributed by atoms with Crippen LogP contribution in [0.5, 0.6) is 0 Å². The Morgan fingerprint density at radius 2 is 1.73 bits per heavy atom. The number of aromatic nitrogens is 1. The van der Waals surface area contributed by atoms with E-state index in [1.807, 2.05) is 25.1 Å². The van der Waals surface area contributed by atoms with Crippen molar-refractivity contribution in [2.24, 2.45) is 0 Å². The fourth-order valence-electron chi connectivity index (χ4n) is 2.43. The van der Waals surface area contributed by atoms with Crippen LogP contribution < -0.4 is 0 Å². The first-order chi connectivity index (χ1) is 12.4. The van der Waals surface area contributed by atoms with E-state index in [4.69, 9.17) is 9.68 Å². The summed E-state index contributed by atoms with van der Waals surface area (Å²) in [5, 5.41) is 17.9. The van der Waals surface area contributed by atoms with E-state index in [2.05, 4.69) is 4.98 Å². The van der Waals surface area contributed by atoms with Crippen molar-refractivity contribution in [2.45, 2.75) is 17.8 Å². The molecule has 3 aromatic rings. The molecule has 0 atom stereocenters. The Morgan fingerprint density at radius 1 is 1.04 bits per heavy atom. The highest BCUT2D eigenvalue weighted by atomic mass is 32.2. The molecule has 128 valence electrons. The quantitative estimate of drug-likeness (QED) is 0.703. The highest BCUT2D eigenvalue weighted by molar-refractivity contribution is 7.90. The van der Waals surface area contributed by atoms with Gasteiger partial charge in [-0.2, -0.15) is 15.5 Å². The van der Waals surface area contributed by atoms with Gasteiger partial charge in [-0.15, -0.1) is 0 Å². The first-order valence-electron chi connectivity index (χ1n) is 7.63. The predicted molar refractivity (Wildman–Crippen MR) is 93.4 cm³/mol. The van der Waals surface area contributed by atoms with Crippen molar-refractivity contribution < 1.29 is 12.8 Å². The van der Waals surface area contributed by atoms with E-state index in [-0.39, 0.29) is 17.1 Å². The van der Waals surface area contributed by atoms with Crippen LogP contribution in [0.4, 0.5) is 0 Å². The molecule has 0 unspecified atom stereocenters. The average Bonchev–Trinajstić information content (AvgIpc) is 3.08. The molecule has 0 amide bonds. The van der Waals surface area contributed by atoms with Gasteiger partial charge in [-0.25, -0.2) is 8.42 Å². The number of benzene rings is 2. The van der Waals surface area contributed by atoms with E-state index in [1.165, 1.54) is 6.07 Å². The topological polar surface area (TPSA) is 108 Å². The third kappa shape index (κ3) is 3.34. The lowest BCUT2D eigenvalue weighted by Gasteiger charge is -2.03. The van der Waals surface area contributed by atoms with Crippen LogP contribution >= 0.6 is 0 Å². The Labute approximate surface area is 150 Å². The summed E-state index contributed by atoms with van der Waals surface area (Å²) >= 11 is 0. The maximum absolute atomic E-state index is 12.8. The number of aryl methyl sites for hydroxylation is 1. The van der Waals surface area contributed by atoms with E-state index in [1.54, 1.807) is 36.4 Å². The van der Waals surface area contributed by atoms with Crippen molar-refractivity contribution in [1.29, 1.82) is 10.5 Å². The van der Waals surface area contributed by atoms with Crippen LogP contribution in [-0.2, 0) is 15.6 Å². The molecule has 0 aliphatic rings. The summed E-state index contributed by atoms with van der Waals surface area (Å²) in [6.45, 7) is 1.92. The molecule has 26 heavy (non-hydrogen) atoms. The van der Waals surface area contributed by atoms with Gasteiger partial charge in [-0.3, -0.25) is 0 Å². The fraction of sp³-hybridized carbons (Fsp3) is 0.105. The Hall–Kier alpha value is -3.42. The minimum absolute atomic E-state index is 0.0636. The van der Waals surface area contributed by atoms with Crippen molar-refractivity contribution in [2.75, 3.05) is 0 Å². The van der Waals surface area contributed by atoms with Crippen LogP contribution in [0, 0.1) is 29.6 Å². The summed E-state index contributed by atoms with van der Waals surface area (Å²) in [6.07, 6.45) is 0. The SMILES string of the molecule is Cc1ccc(-c2nc(C#N)c(S(=O)(=O)Cc3ccccc3C#N)o2)cc1. The summed E-state index contributed by atoms with van der Waals surface area (Å²) in [6, 6.07) is 17.3. The summed E-state index contributed by atoms with van der Waals surface area (Å²) in [7, 11) is -3.99. The summed E-state index contributed by atoms with van der Waals surface area (Å²) in [5.74, 6) is -0.387. The first-order valence-corrected chi connectivity index (χ1v) is 9.28. The van der Waals surface area contributed by atoms with Crippen LogP contribution in [0.15, 0.2) is 58.0 Å².